The van der Waals surface area contributed by atoms with Crippen molar-refractivity contribution in [1.29, 1.82) is 0 Å². The van der Waals surface area contributed by atoms with Crippen molar-refractivity contribution in [2.75, 3.05) is 34.4 Å². The van der Waals surface area contributed by atoms with E-state index in [0.29, 0.717) is 36.8 Å². The minimum Gasteiger partial charge on any atom is -0.493 e. The molecule has 2 atom stereocenters. The lowest BCUT2D eigenvalue weighted by Crippen LogP contribution is -2.64. The summed E-state index contributed by atoms with van der Waals surface area (Å²) in [6.07, 6.45) is 9.29. The molecule has 7 nitrogen and oxygen atoms in total. The van der Waals surface area contributed by atoms with Crippen LogP contribution in [0.3, 0.4) is 0 Å². The molecule has 1 aliphatic heterocycles. The molecule has 0 aliphatic carbocycles. The fourth-order valence-corrected chi connectivity index (χ4v) is 5.51. The van der Waals surface area contributed by atoms with Gasteiger partial charge in [-0.25, -0.2) is 0 Å². The van der Waals surface area contributed by atoms with Crippen molar-refractivity contribution >= 4 is 11.8 Å². The van der Waals surface area contributed by atoms with Gasteiger partial charge in [-0.1, -0.05) is 76.6 Å². The highest BCUT2D eigenvalue weighted by Crippen LogP contribution is 2.41. The summed E-state index contributed by atoms with van der Waals surface area (Å²) >= 11 is 0. The summed E-state index contributed by atoms with van der Waals surface area (Å²) in [4.78, 5) is 30.9. The molecule has 1 aliphatic rings. The molecule has 0 spiro atoms. The maximum absolute atomic E-state index is 13.8. The molecule has 1 heterocycles. The zero-order chi connectivity index (χ0) is 29.1. The lowest BCUT2D eigenvalue weighted by Gasteiger charge is -2.44. The van der Waals surface area contributed by atoms with Crippen molar-refractivity contribution in [1.82, 2.24) is 9.80 Å². The lowest BCUT2D eigenvalue weighted by molar-refractivity contribution is -0.161. The van der Waals surface area contributed by atoms with E-state index in [1.165, 1.54) is 25.7 Å². The summed E-state index contributed by atoms with van der Waals surface area (Å²) in [7, 11) is 4.80. The maximum atomic E-state index is 13.8. The van der Waals surface area contributed by atoms with E-state index < -0.39 is 12.1 Å². The van der Waals surface area contributed by atoms with Crippen LogP contribution in [0.25, 0.3) is 11.1 Å². The van der Waals surface area contributed by atoms with E-state index >= 15 is 0 Å². The molecule has 1 saturated heterocycles. The van der Waals surface area contributed by atoms with Gasteiger partial charge >= 0.3 is 0 Å². The Bertz CT molecular complexity index is 1080. The van der Waals surface area contributed by atoms with Gasteiger partial charge in [0.2, 0.25) is 17.6 Å². The van der Waals surface area contributed by atoms with Crippen LogP contribution >= 0.6 is 0 Å². The number of rotatable bonds is 16. The Morgan fingerprint density at radius 2 is 1.25 bits per heavy atom. The van der Waals surface area contributed by atoms with E-state index in [4.69, 9.17) is 14.2 Å². The largest absolute Gasteiger partial charge is 0.493 e. The van der Waals surface area contributed by atoms with Crippen molar-refractivity contribution in [2.24, 2.45) is 0 Å². The Morgan fingerprint density at radius 3 is 1.82 bits per heavy atom. The summed E-state index contributed by atoms with van der Waals surface area (Å²) in [5, 5.41) is 0. The van der Waals surface area contributed by atoms with E-state index in [1.807, 2.05) is 53.1 Å². The van der Waals surface area contributed by atoms with Crippen molar-refractivity contribution in [3.63, 3.8) is 0 Å². The fourth-order valence-electron chi connectivity index (χ4n) is 5.51. The number of carbonyl (C=O) groups excluding carboxylic acids is 2. The fraction of sp³-hybridized carbons (Fsp3) is 0.576. The van der Waals surface area contributed by atoms with E-state index in [-0.39, 0.29) is 11.8 Å². The Hall–Kier alpha value is -3.22. The number of nitrogens with zero attached hydrogens (tertiary/aromatic N) is 2. The van der Waals surface area contributed by atoms with Gasteiger partial charge < -0.3 is 24.0 Å². The highest BCUT2D eigenvalue weighted by molar-refractivity contribution is 5.97. The quantitative estimate of drug-likeness (QED) is 0.222. The standard InChI is InChI=1S/C33H48N2O5/c1-7-9-11-12-13-14-20-34-24(3)32(36)35(19-10-8-2)28(33(34)37)21-25-15-17-26(18-16-25)27-22-29(38-4)31(40-6)30(23-27)39-5/h15-18,22-24,28H,7-14,19-21H2,1-6H3/t24-,28+/m0/s1. The summed E-state index contributed by atoms with van der Waals surface area (Å²) < 4.78 is 16.5. The van der Waals surface area contributed by atoms with E-state index in [1.54, 1.807) is 21.3 Å². The number of benzene rings is 2. The average Bonchev–Trinajstić information content (AvgIpc) is 2.98. The van der Waals surface area contributed by atoms with Gasteiger partial charge in [0.05, 0.1) is 21.3 Å². The average molecular weight is 553 g/mol. The number of piperazine rings is 1. The number of carbonyl (C=O) groups is 2. The van der Waals surface area contributed by atoms with Crippen LogP contribution in [-0.2, 0) is 16.0 Å². The van der Waals surface area contributed by atoms with Crippen LogP contribution in [0.1, 0.15) is 77.7 Å². The molecule has 40 heavy (non-hydrogen) atoms. The number of unbranched alkanes of at least 4 members (excludes halogenated alkanes) is 6. The van der Waals surface area contributed by atoms with Crippen LogP contribution in [0.4, 0.5) is 0 Å². The molecule has 0 bridgehead atoms. The first-order valence-electron chi connectivity index (χ1n) is 14.9. The second kappa shape index (κ2) is 15.5. The molecule has 1 fully saturated rings. The van der Waals surface area contributed by atoms with Crippen LogP contribution in [-0.4, -0.2) is 68.1 Å². The van der Waals surface area contributed by atoms with Crippen molar-refractivity contribution in [3.8, 4) is 28.4 Å². The molecule has 3 rings (SSSR count). The zero-order valence-electron chi connectivity index (χ0n) is 25.3. The minimum absolute atomic E-state index is 0.0677. The van der Waals surface area contributed by atoms with Crippen LogP contribution in [0.2, 0.25) is 0 Å². The Balaban J connectivity index is 1.79. The van der Waals surface area contributed by atoms with E-state index in [2.05, 4.69) is 13.8 Å². The molecule has 7 heteroatoms. The molecule has 2 aromatic rings. The molecule has 0 unspecified atom stereocenters. The molecule has 0 radical (unpaired) electrons. The summed E-state index contributed by atoms with van der Waals surface area (Å²) in [5.41, 5.74) is 2.96. The molecule has 220 valence electrons. The number of hydrogen-bond acceptors (Lipinski definition) is 5. The monoisotopic (exact) mass is 552 g/mol. The molecule has 0 aromatic heterocycles. The first-order valence-corrected chi connectivity index (χ1v) is 14.9. The molecule has 2 amide bonds. The third-order valence-corrected chi connectivity index (χ3v) is 7.94. The van der Waals surface area contributed by atoms with Gasteiger partial charge in [-0.05, 0) is 48.6 Å². The van der Waals surface area contributed by atoms with Gasteiger partial charge in [0.25, 0.3) is 0 Å². The minimum atomic E-state index is -0.470. The first kappa shape index (κ1) is 31.3. The Labute approximate surface area is 240 Å². The molecular formula is C33H48N2O5. The second-order valence-electron chi connectivity index (χ2n) is 10.7. The molecule has 2 aromatic carbocycles. The number of ether oxygens (including phenoxy) is 3. The maximum Gasteiger partial charge on any atom is 0.246 e. The topological polar surface area (TPSA) is 68.3 Å². The van der Waals surface area contributed by atoms with Gasteiger partial charge in [0.15, 0.2) is 11.5 Å². The SMILES string of the molecule is CCCCCCCCN1C(=O)[C@@H](Cc2ccc(-c3cc(OC)c(OC)c(OC)c3)cc2)N(CCCC)C(=O)[C@@H]1C. The Morgan fingerprint density at radius 1 is 0.675 bits per heavy atom. The smallest absolute Gasteiger partial charge is 0.246 e. The predicted octanol–water partition coefficient (Wildman–Crippen LogP) is 6.51. The summed E-state index contributed by atoms with van der Waals surface area (Å²) in [6.45, 7) is 7.48. The lowest BCUT2D eigenvalue weighted by atomic mass is 9.95. The van der Waals surface area contributed by atoms with Gasteiger partial charge in [-0.15, -0.1) is 0 Å². The van der Waals surface area contributed by atoms with Crippen LogP contribution < -0.4 is 14.2 Å². The van der Waals surface area contributed by atoms with Gasteiger partial charge in [-0.2, -0.15) is 0 Å². The van der Waals surface area contributed by atoms with Gasteiger partial charge in [-0.3, -0.25) is 9.59 Å². The molecular weight excluding hydrogens is 504 g/mol. The summed E-state index contributed by atoms with van der Waals surface area (Å²) in [5.74, 6) is 1.89. The molecule has 0 saturated carbocycles. The third kappa shape index (κ3) is 7.49. The normalized spacial score (nSPS) is 17.4. The summed E-state index contributed by atoms with van der Waals surface area (Å²) in [6, 6.07) is 11.1. The number of amides is 2. The van der Waals surface area contributed by atoms with E-state index in [0.717, 1.165) is 42.4 Å². The Kier molecular flexibility index (Phi) is 12.2. The number of methoxy groups -OCH3 is 3. The van der Waals surface area contributed by atoms with Crippen molar-refractivity contribution in [3.05, 3.63) is 42.0 Å². The van der Waals surface area contributed by atoms with Gasteiger partial charge in [0.1, 0.15) is 12.1 Å². The highest BCUT2D eigenvalue weighted by Gasteiger charge is 2.43. The molecule has 0 N–H and O–H groups in total. The van der Waals surface area contributed by atoms with Crippen LogP contribution in [0, 0.1) is 0 Å². The van der Waals surface area contributed by atoms with Crippen molar-refractivity contribution in [2.45, 2.75) is 90.6 Å². The predicted molar refractivity (Wildman–Crippen MR) is 160 cm³/mol. The van der Waals surface area contributed by atoms with Crippen molar-refractivity contribution < 1.29 is 23.8 Å². The highest BCUT2D eigenvalue weighted by atomic mass is 16.5. The van der Waals surface area contributed by atoms with Crippen LogP contribution in [0.15, 0.2) is 36.4 Å². The number of hydrogen-bond donors (Lipinski definition) is 0. The third-order valence-electron chi connectivity index (χ3n) is 7.94. The van der Waals surface area contributed by atoms with E-state index in [9.17, 15) is 9.59 Å². The first-order chi connectivity index (χ1) is 19.4. The van der Waals surface area contributed by atoms with Gasteiger partial charge in [0, 0.05) is 19.5 Å². The zero-order valence-corrected chi connectivity index (χ0v) is 25.3. The van der Waals surface area contributed by atoms with Crippen LogP contribution in [0.5, 0.6) is 17.2 Å². The second-order valence-corrected chi connectivity index (χ2v) is 10.7.